The minimum absolute atomic E-state index is 0.0187. The van der Waals surface area contributed by atoms with Crippen molar-refractivity contribution in [3.05, 3.63) is 70.6 Å². The van der Waals surface area contributed by atoms with Gasteiger partial charge in [0.05, 0.1) is 35.1 Å². The second-order valence-electron chi connectivity index (χ2n) is 7.93. The van der Waals surface area contributed by atoms with Crippen molar-refractivity contribution in [1.82, 2.24) is 19.9 Å². The summed E-state index contributed by atoms with van der Waals surface area (Å²) in [4.78, 5) is 26.2. The van der Waals surface area contributed by atoms with Crippen LogP contribution in [0.3, 0.4) is 0 Å². The van der Waals surface area contributed by atoms with E-state index in [2.05, 4.69) is 15.0 Å². The average Bonchev–Trinajstić information content (AvgIpc) is 2.81. The number of likely N-dealkylation sites (tertiary alicyclic amines) is 1. The Hall–Kier alpha value is -3.34. The van der Waals surface area contributed by atoms with Gasteiger partial charge in [-0.25, -0.2) is 23.7 Å². The summed E-state index contributed by atoms with van der Waals surface area (Å²) in [7, 11) is 0. The monoisotopic (exact) mass is 512 g/mol. The number of aromatic nitrogens is 3. The van der Waals surface area contributed by atoms with Crippen molar-refractivity contribution in [2.24, 2.45) is 0 Å². The van der Waals surface area contributed by atoms with Crippen LogP contribution in [0.5, 0.6) is 5.88 Å². The van der Waals surface area contributed by atoms with Gasteiger partial charge in [0.2, 0.25) is 5.88 Å². The van der Waals surface area contributed by atoms with Crippen LogP contribution in [0.15, 0.2) is 42.9 Å². The first-order valence-electron chi connectivity index (χ1n) is 10.5. The van der Waals surface area contributed by atoms with Crippen molar-refractivity contribution in [2.45, 2.75) is 38.1 Å². The Kier molecular flexibility index (Phi) is 6.88. The van der Waals surface area contributed by atoms with Crippen molar-refractivity contribution in [1.29, 1.82) is 0 Å². The molecule has 0 radical (unpaired) electrons. The number of halogens is 6. The first-order chi connectivity index (χ1) is 16.6. The molecule has 1 saturated heterocycles. The van der Waals surface area contributed by atoms with E-state index in [9.17, 15) is 26.7 Å². The number of ether oxygens (including phenoxy) is 1. The summed E-state index contributed by atoms with van der Waals surface area (Å²) in [5, 5.41) is -0.309. The highest BCUT2D eigenvalue weighted by atomic mass is 35.5. The van der Waals surface area contributed by atoms with Gasteiger partial charge in [-0.2, -0.15) is 13.2 Å². The zero-order valence-corrected chi connectivity index (χ0v) is 18.9. The molecule has 1 aliphatic heterocycles. The molecule has 0 saturated carbocycles. The summed E-state index contributed by atoms with van der Waals surface area (Å²) in [6, 6.07) is 4.09. The lowest BCUT2D eigenvalue weighted by Gasteiger charge is -2.39. The number of pyridine rings is 1. The van der Waals surface area contributed by atoms with Gasteiger partial charge in [0.25, 0.3) is 5.91 Å². The Morgan fingerprint density at radius 2 is 1.86 bits per heavy atom. The second kappa shape index (κ2) is 9.73. The summed E-state index contributed by atoms with van der Waals surface area (Å²) in [6.45, 7) is 2.03. The van der Waals surface area contributed by atoms with Crippen LogP contribution >= 0.6 is 11.6 Å². The third kappa shape index (κ3) is 5.19. The van der Waals surface area contributed by atoms with E-state index in [0.717, 1.165) is 24.5 Å². The van der Waals surface area contributed by atoms with E-state index in [1.165, 1.54) is 17.0 Å². The van der Waals surface area contributed by atoms with E-state index in [0.29, 0.717) is 25.6 Å². The number of amides is 1. The molecule has 1 fully saturated rings. The van der Waals surface area contributed by atoms with Gasteiger partial charge in [-0.15, -0.1) is 0 Å². The Labute approximate surface area is 201 Å². The molecule has 35 heavy (non-hydrogen) atoms. The standard InChI is InChI=1S/C23H18ClF5N4O2/c1-12-18(35-21-16(24)8-13(9-32-21)23(27,28)29)6-3-7-33(12)22(34)15-4-2-5-17(26)19(15)20-30-10-14(25)11-31-20/h2,4-5,8-12,18H,3,6-7H2,1H3. The Morgan fingerprint density at radius 3 is 2.51 bits per heavy atom. The smallest absolute Gasteiger partial charge is 0.417 e. The van der Waals surface area contributed by atoms with E-state index < -0.39 is 41.4 Å². The first kappa shape index (κ1) is 24.8. The lowest BCUT2D eigenvalue weighted by Crippen LogP contribution is -2.51. The Morgan fingerprint density at radius 1 is 1.14 bits per heavy atom. The van der Waals surface area contributed by atoms with Gasteiger partial charge in [-0.3, -0.25) is 4.79 Å². The minimum atomic E-state index is -4.60. The number of carbonyl (C=O) groups excluding carboxylic acids is 1. The number of alkyl halides is 3. The fraction of sp³-hybridized carbons (Fsp3) is 0.304. The fourth-order valence-electron chi connectivity index (χ4n) is 3.89. The minimum Gasteiger partial charge on any atom is -0.471 e. The van der Waals surface area contributed by atoms with Crippen LogP contribution in [0.2, 0.25) is 5.02 Å². The largest absolute Gasteiger partial charge is 0.471 e. The van der Waals surface area contributed by atoms with Crippen LogP contribution in [0.1, 0.15) is 35.7 Å². The van der Waals surface area contributed by atoms with E-state index in [-0.39, 0.29) is 27.9 Å². The second-order valence-corrected chi connectivity index (χ2v) is 8.34. The van der Waals surface area contributed by atoms with Crippen LogP contribution in [0, 0.1) is 11.6 Å². The molecule has 3 heterocycles. The van der Waals surface area contributed by atoms with Gasteiger partial charge in [-0.05, 0) is 38.0 Å². The van der Waals surface area contributed by atoms with Gasteiger partial charge < -0.3 is 9.64 Å². The number of hydrogen-bond acceptors (Lipinski definition) is 5. The fourth-order valence-corrected chi connectivity index (χ4v) is 4.10. The third-order valence-electron chi connectivity index (χ3n) is 5.66. The Bertz CT molecular complexity index is 1240. The van der Waals surface area contributed by atoms with Crippen molar-refractivity contribution < 1.29 is 31.5 Å². The zero-order valence-electron chi connectivity index (χ0n) is 18.2. The molecule has 2 unspecified atom stereocenters. The summed E-state index contributed by atoms with van der Waals surface area (Å²) < 4.78 is 72.4. The molecule has 3 aromatic rings. The zero-order chi connectivity index (χ0) is 25.3. The predicted molar refractivity (Wildman–Crippen MR) is 116 cm³/mol. The van der Waals surface area contributed by atoms with Gasteiger partial charge in [0.1, 0.15) is 16.9 Å². The maximum atomic E-state index is 14.7. The molecular formula is C23H18ClF5N4O2. The van der Waals surface area contributed by atoms with Gasteiger partial charge in [0.15, 0.2) is 11.6 Å². The van der Waals surface area contributed by atoms with Gasteiger partial charge >= 0.3 is 6.18 Å². The van der Waals surface area contributed by atoms with Crippen LogP contribution in [0.25, 0.3) is 11.4 Å². The molecule has 1 aromatic carbocycles. The third-order valence-corrected chi connectivity index (χ3v) is 5.93. The molecule has 0 spiro atoms. The lowest BCUT2D eigenvalue weighted by atomic mass is 9.97. The molecule has 2 aromatic heterocycles. The maximum Gasteiger partial charge on any atom is 0.417 e. The maximum absolute atomic E-state index is 14.7. The SMILES string of the molecule is CC1C(Oc2ncc(C(F)(F)F)cc2Cl)CCCN1C(=O)c1cccc(F)c1-c1ncc(F)cn1. The van der Waals surface area contributed by atoms with Crippen LogP contribution in [-0.2, 0) is 6.18 Å². The van der Waals surface area contributed by atoms with Crippen molar-refractivity contribution in [3.8, 4) is 17.3 Å². The molecular weight excluding hydrogens is 495 g/mol. The topological polar surface area (TPSA) is 68.2 Å². The van der Waals surface area contributed by atoms with Crippen molar-refractivity contribution in [3.63, 3.8) is 0 Å². The molecule has 0 bridgehead atoms. The number of hydrogen-bond donors (Lipinski definition) is 0. The number of piperidine rings is 1. The van der Waals surface area contributed by atoms with E-state index in [4.69, 9.17) is 16.3 Å². The number of benzene rings is 1. The molecule has 184 valence electrons. The molecule has 2 atom stereocenters. The molecule has 1 aliphatic rings. The van der Waals surface area contributed by atoms with E-state index in [1.807, 2.05) is 0 Å². The molecule has 0 aliphatic carbocycles. The summed E-state index contributed by atoms with van der Waals surface area (Å²) >= 11 is 5.96. The highest BCUT2D eigenvalue weighted by Gasteiger charge is 2.36. The molecule has 1 amide bonds. The summed E-state index contributed by atoms with van der Waals surface area (Å²) in [5.74, 6) is -2.32. The molecule has 0 N–H and O–H groups in total. The van der Waals surface area contributed by atoms with Gasteiger partial charge in [-0.1, -0.05) is 17.7 Å². The van der Waals surface area contributed by atoms with Crippen molar-refractivity contribution >= 4 is 17.5 Å². The van der Waals surface area contributed by atoms with Gasteiger partial charge in [0, 0.05) is 12.7 Å². The summed E-state index contributed by atoms with van der Waals surface area (Å²) in [6.07, 6.45) is -1.87. The van der Waals surface area contributed by atoms with Crippen LogP contribution in [-0.4, -0.2) is 44.4 Å². The van der Waals surface area contributed by atoms with Crippen LogP contribution in [0.4, 0.5) is 22.0 Å². The Balaban J connectivity index is 1.59. The predicted octanol–water partition coefficient (Wildman–Crippen LogP) is 5.56. The summed E-state index contributed by atoms with van der Waals surface area (Å²) in [5.41, 5.74) is -1.19. The molecule has 6 nitrogen and oxygen atoms in total. The highest BCUT2D eigenvalue weighted by molar-refractivity contribution is 6.31. The first-order valence-corrected chi connectivity index (χ1v) is 10.9. The van der Waals surface area contributed by atoms with E-state index >= 15 is 0 Å². The molecule has 4 rings (SSSR count). The number of nitrogens with zero attached hydrogens (tertiary/aromatic N) is 4. The lowest BCUT2D eigenvalue weighted by molar-refractivity contribution is -0.137. The number of carbonyl (C=O) groups is 1. The van der Waals surface area contributed by atoms with Crippen molar-refractivity contribution in [2.75, 3.05) is 6.54 Å². The van der Waals surface area contributed by atoms with E-state index in [1.54, 1.807) is 6.92 Å². The average molecular weight is 513 g/mol. The highest BCUT2D eigenvalue weighted by Crippen LogP contribution is 2.35. The van der Waals surface area contributed by atoms with Crippen LogP contribution < -0.4 is 4.74 Å². The normalized spacial score (nSPS) is 18.4. The quantitative estimate of drug-likeness (QED) is 0.428. The molecule has 12 heteroatoms. The number of rotatable bonds is 4.